The second-order valence-electron chi connectivity index (χ2n) is 11.0. The molecule has 0 bridgehead atoms. The molecule has 0 aliphatic carbocycles. The highest BCUT2D eigenvalue weighted by Crippen LogP contribution is 2.52. The summed E-state index contributed by atoms with van der Waals surface area (Å²) < 4.78 is 34.1. The number of ether oxygens (including phenoxy) is 6. The Morgan fingerprint density at radius 3 is 2.05 bits per heavy atom. The third-order valence-corrected chi connectivity index (χ3v) is 8.26. The van der Waals surface area contributed by atoms with E-state index in [1.54, 1.807) is 32.0 Å². The van der Waals surface area contributed by atoms with Crippen LogP contribution in [0.5, 0.6) is 17.2 Å². The van der Waals surface area contributed by atoms with Crippen LogP contribution in [0.3, 0.4) is 0 Å². The molecule has 3 aliphatic heterocycles. The molecule has 0 saturated carbocycles. The number of benzene rings is 2. The third kappa shape index (κ3) is 5.54. The van der Waals surface area contributed by atoms with E-state index in [1.165, 1.54) is 7.11 Å². The lowest BCUT2D eigenvalue weighted by Crippen LogP contribution is -2.62. The van der Waals surface area contributed by atoms with Crippen LogP contribution >= 0.6 is 0 Å². The lowest BCUT2D eigenvalue weighted by Gasteiger charge is -2.43. The summed E-state index contributed by atoms with van der Waals surface area (Å²) >= 11 is 0. The Morgan fingerprint density at radius 1 is 0.767 bits per heavy atom. The molecule has 0 radical (unpaired) electrons. The second kappa shape index (κ2) is 12.5. The van der Waals surface area contributed by atoms with Crippen LogP contribution in [0.25, 0.3) is 10.8 Å². The van der Waals surface area contributed by atoms with Gasteiger partial charge in [0, 0.05) is 16.5 Å². The molecule has 43 heavy (non-hydrogen) atoms. The lowest BCUT2D eigenvalue weighted by atomic mass is 9.87. The zero-order chi connectivity index (χ0) is 31.3. The summed E-state index contributed by atoms with van der Waals surface area (Å²) in [4.78, 5) is 0. The van der Waals surface area contributed by atoms with Crippen molar-refractivity contribution in [2.75, 3.05) is 20.3 Å². The topological polar surface area (TPSA) is 237 Å². The minimum Gasteiger partial charge on any atom is -0.507 e. The standard InChI is InChI=1S/C28H38O15/c1-9-15-17(18(30)10(2)40-9)26(11-5-4-6-12(38-3)16(11)21(15)33)43-28-25(37)23(35)20(32)14(42-28)8-39-27-24(36)22(34)19(31)13(7-29)41-27/h4-6,9-10,13-14,18-20,22-25,27-37H,7-8H2,1-3H3/t9-,10-,13-,14-,18-,19-,20-,22+,23+,24-,25-,27+,28+/m1/s1. The zero-order valence-corrected chi connectivity index (χ0v) is 23.6. The normalized spacial score (nSPS) is 39.8. The van der Waals surface area contributed by atoms with Crippen LogP contribution in [0.2, 0.25) is 0 Å². The van der Waals surface area contributed by atoms with Crippen LogP contribution in [0.4, 0.5) is 0 Å². The second-order valence-corrected chi connectivity index (χ2v) is 11.0. The van der Waals surface area contributed by atoms with Gasteiger partial charge in [-0.25, -0.2) is 0 Å². The third-order valence-electron chi connectivity index (χ3n) is 8.26. The SMILES string of the molecule is COc1cccc2c(O[C@@H]3O[C@H](CO[C@H]4O[C@H](CO)[C@@H](O)[C@H](O)[C@H]4O)[C@@H](O)[C@H](O)[C@H]3O)c3c(c(O)c12)[C@@H](C)O[C@H](C)[C@H]3O. The van der Waals surface area contributed by atoms with Crippen molar-refractivity contribution in [1.82, 2.24) is 0 Å². The average Bonchev–Trinajstić information content (AvgIpc) is 2.99. The lowest BCUT2D eigenvalue weighted by molar-refractivity contribution is -0.323. The average molecular weight is 615 g/mol. The molecule has 2 saturated heterocycles. The Labute approximate surface area is 245 Å². The number of aliphatic hydroxyl groups excluding tert-OH is 8. The molecule has 240 valence electrons. The number of fused-ring (bicyclic) bond motifs is 2. The highest BCUT2D eigenvalue weighted by molar-refractivity contribution is 6.00. The highest BCUT2D eigenvalue weighted by Gasteiger charge is 2.49. The molecule has 0 aromatic heterocycles. The van der Waals surface area contributed by atoms with Gasteiger partial charge in [-0.15, -0.1) is 0 Å². The molecule has 9 N–H and O–H groups in total. The summed E-state index contributed by atoms with van der Waals surface area (Å²) in [7, 11) is 1.41. The Kier molecular flexibility index (Phi) is 9.35. The Balaban J connectivity index is 1.47. The number of phenolic OH excluding ortho intramolecular Hbond substituents is 1. The fraction of sp³-hybridized carbons (Fsp3) is 0.643. The van der Waals surface area contributed by atoms with Crippen molar-refractivity contribution in [3.63, 3.8) is 0 Å². The van der Waals surface area contributed by atoms with Gasteiger partial charge >= 0.3 is 0 Å². The monoisotopic (exact) mass is 614 g/mol. The first-order chi connectivity index (χ1) is 20.4. The molecule has 3 heterocycles. The minimum atomic E-state index is -1.80. The highest BCUT2D eigenvalue weighted by atomic mass is 16.7. The van der Waals surface area contributed by atoms with Gasteiger partial charge in [-0.2, -0.15) is 0 Å². The van der Waals surface area contributed by atoms with Gasteiger partial charge < -0.3 is 74.4 Å². The van der Waals surface area contributed by atoms with Gasteiger partial charge in [-0.3, -0.25) is 0 Å². The maximum Gasteiger partial charge on any atom is 0.229 e. The Bertz CT molecular complexity index is 1290. The zero-order valence-electron chi connectivity index (χ0n) is 23.6. The molecule has 0 amide bonds. The summed E-state index contributed by atoms with van der Waals surface area (Å²) in [6, 6.07) is 4.85. The van der Waals surface area contributed by atoms with Crippen molar-refractivity contribution in [2.45, 2.75) is 93.6 Å². The van der Waals surface area contributed by atoms with Crippen LogP contribution in [0.1, 0.15) is 37.2 Å². The fourth-order valence-electron chi connectivity index (χ4n) is 5.86. The Hall–Kier alpha value is -2.38. The molecule has 5 rings (SSSR count). The molecule has 3 aliphatic rings. The molecule has 15 heteroatoms. The predicted molar refractivity (Wildman–Crippen MR) is 143 cm³/mol. The molecular weight excluding hydrogens is 576 g/mol. The number of hydrogen-bond acceptors (Lipinski definition) is 15. The molecule has 2 aromatic rings. The first kappa shape index (κ1) is 32.0. The van der Waals surface area contributed by atoms with Crippen LogP contribution in [0, 0.1) is 0 Å². The molecular formula is C28H38O15. The molecule has 0 unspecified atom stereocenters. The maximum absolute atomic E-state index is 11.3. The van der Waals surface area contributed by atoms with Crippen LogP contribution in [-0.2, 0) is 18.9 Å². The number of phenols is 1. The smallest absolute Gasteiger partial charge is 0.229 e. The number of rotatable bonds is 7. The summed E-state index contributed by atoms with van der Waals surface area (Å²) in [5.41, 5.74) is 0.404. The minimum absolute atomic E-state index is 0.0115. The first-order valence-corrected chi connectivity index (χ1v) is 13.9. The van der Waals surface area contributed by atoms with Gasteiger partial charge in [0.2, 0.25) is 6.29 Å². The van der Waals surface area contributed by atoms with E-state index in [1.807, 2.05) is 0 Å². The van der Waals surface area contributed by atoms with Gasteiger partial charge in [0.15, 0.2) is 6.29 Å². The van der Waals surface area contributed by atoms with Crippen LogP contribution < -0.4 is 9.47 Å². The van der Waals surface area contributed by atoms with E-state index in [4.69, 9.17) is 28.4 Å². The van der Waals surface area contributed by atoms with Gasteiger partial charge in [0.05, 0.1) is 37.9 Å². The van der Waals surface area contributed by atoms with Crippen molar-refractivity contribution in [2.24, 2.45) is 0 Å². The van der Waals surface area contributed by atoms with Gasteiger partial charge in [0.1, 0.15) is 72.2 Å². The van der Waals surface area contributed by atoms with E-state index in [0.717, 1.165) is 0 Å². The van der Waals surface area contributed by atoms with E-state index in [0.29, 0.717) is 5.39 Å². The summed E-state index contributed by atoms with van der Waals surface area (Å²) in [5, 5.41) is 94.9. The molecule has 15 nitrogen and oxygen atoms in total. The van der Waals surface area contributed by atoms with Crippen LogP contribution in [-0.4, -0.2) is 134 Å². The van der Waals surface area contributed by atoms with E-state index < -0.39 is 92.9 Å². The first-order valence-electron chi connectivity index (χ1n) is 13.9. The Morgan fingerprint density at radius 2 is 1.40 bits per heavy atom. The predicted octanol–water partition coefficient (Wildman–Crippen LogP) is -1.93. The number of methoxy groups -OCH3 is 1. The van der Waals surface area contributed by atoms with Crippen molar-refractivity contribution in [3.8, 4) is 17.2 Å². The van der Waals surface area contributed by atoms with E-state index in [2.05, 4.69) is 0 Å². The van der Waals surface area contributed by atoms with E-state index in [-0.39, 0.29) is 33.8 Å². The number of hydrogen-bond donors (Lipinski definition) is 9. The van der Waals surface area contributed by atoms with Crippen molar-refractivity contribution >= 4 is 10.8 Å². The van der Waals surface area contributed by atoms with E-state index in [9.17, 15) is 46.0 Å². The molecule has 13 atom stereocenters. The number of aromatic hydroxyl groups is 1. The van der Waals surface area contributed by atoms with Gasteiger partial charge in [-0.05, 0) is 19.9 Å². The fourth-order valence-corrected chi connectivity index (χ4v) is 5.86. The maximum atomic E-state index is 11.3. The van der Waals surface area contributed by atoms with Crippen molar-refractivity contribution < 1.29 is 74.4 Å². The van der Waals surface area contributed by atoms with E-state index >= 15 is 0 Å². The summed E-state index contributed by atoms with van der Waals surface area (Å²) in [6.45, 7) is 2.09. The molecule has 2 fully saturated rings. The van der Waals surface area contributed by atoms with Gasteiger partial charge in [-0.1, -0.05) is 12.1 Å². The van der Waals surface area contributed by atoms with Gasteiger partial charge in [0.25, 0.3) is 0 Å². The summed E-state index contributed by atoms with van der Waals surface area (Å²) in [6.07, 6.45) is -18.8. The largest absolute Gasteiger partial charge is 0.507 e. The van der Waals surface area contributed by atoms with Crippen molar-refractivity contribution in [1.29, 1.82) is 0 Å². The number of aliphatic hydroxyl groups is 8. The molecule has 0 spiro atoms. The summed E-state index contributed by atoms with van der Waals surface area (Å²) in [5.74, 6) is 0.103. The van der Waals surface area contributed by atoms with Crippen LogP contribution in [0.15, 0.2) is 18.2 Å². The molecule has 2 aromatic carbocycles. The van der Waals surface area contributed by atoms with Crippen molar-refractivity contribution in [3.05, 3.63) is 29.3 Å². The quantitative estimate of drug-likeness (QED) is 0.165.